The van der Waals surface area contributed by atoms with Crippen molar-refractivity contribution >= 4 is 23.4 Å². The number of nitrogen functional groups attached to an aromatic ring is 1. The molecule has 0 fully saturated rings. The zero-order chi connectivity index (χ0) is 13.5. The third kappa shape index (κ3) is 4.37. The molecule has 0 aliphatic carbocycles. The number of nitrogens with two attached hydrogens (primary N) is 1. The summed E-state index contributed by atoms with van der Waals surface area (Å²) in [6.07, 6.45) is 5.16. The van der Waals surface area contributed by atoms with Gasteiger partial charge in [-0.15, -0.1) is 0 Å². The highest BCUT2D eigenvalue weighted by molar-refractivity contribution is 7.99. The zero-order valence-corrected chi connectivity index (χ0v) is 12.6. The molecule has 1 atom stereocenters. The fraction of sp³-hybridized carbons (Fsp3) is 0.692. The van der Waals surface area contributed by atoms with Crippen LogP contribution in [0.1, 0.15) is 38.1 Å². The second-order valence-electron chi connectivity index (χ2n) is 4.51. The lowest BCUT2D eigenvalue weighted by molar-refractivity contribution is 0.820. The Morgan fingerprint density at radius 1 is 1.39 bits per heavy atom. The van der Waals surface area contributed by atoms with E-state index in [1.165, 1.54) is 0 Å². The minimum Gasteiger partial charge on any atom is -0.383 e. The Morgan fingerprint density at radius 3 is 2.72 bits per heavy atom. The van der Waals surface area contributed by atoms with Crippen LogP contribution in [0.25, 0.3) is 0 Å². The van der Waals surface area contributed by atoms with Crippen LogP contribution in [0.15, 0.2) is 0 Å². The Labute approximate surface area is 114 Å². The van der Waals surface area contributed by atoms with Crippen LogP contribution in [-0.4, -0.2) is 28.0 Å². The average molecular weight is 268 g/mol. The van der Waals surface area contributed by atoms with Crippen LogP contribution in [0, 0.1) is 6.92 Å². The standard InChI is InChI=1S/C13H24N4S/c1-5-6-11-16-12(14)10(3)13(17-11)15-8-7-9(2)18-4/h9H,5-8H2,1-4H3,(H3,14,15,16,17). The van der Waals surface area contributed by atoms with Gasteiger partial charge in [0.25, 0.3) is 0 Å². The molecule has 0 aliphatic heterocycles. The van der Waals surface area contributed by atoms with Gasteiger partial charge >= 0.3 is 0 Å². The van der Waals surface area contributed by atoms with Gasteiger partial charge in [-0.3, -0.25) is 0 Å². The maximum Gasteiger partial charge on any atom is 0.134 e. The van der Waals surface area contributed by atoms with Gasteiger partial charge in [0.05, 0.1) is 0 Å². The maximum absolute atomic E-state index is 5.91. The molecular formula is C13H24N4S. The summed E-state index contributed by atoms with van der Waals surface area (Å²) in [5, 5.41) is 4.03. The monoisotopic (exact) mass is 268 g/mol. The quantitative estimate of drug-likeness (QED) is 0.796. The first kappa shape index (κ1) is 15.1. The SMILES string of the molecule is CCCc1nc(N)c(C)c(NCCC(C)SC)n1. The van der Waals surface area contributed by atoms with Crippen LogP contribution in [-0.2, 0) is 6.42 Å². The topological polar surface area (TPSA) is 63.8 Å². The van der Waals surface area contributed by atoms with Gasteiger partial charge in [0, 0.05) is 23.8 Å². The van der Waals surface area contributed by atoms with Crippen LogP contribution >= 0.6 is 11.8 Å². The smallest absolute Gasteiger partial charge is 0.134 e. The highest BCUT2D eigenvalue weighted by Gasteiger charge is 2.08. The first-order valence-electron chi connectivity index (χ1n) is 6.48. The number of nitrogens with one attached hydrogen (secondary N) is 1. The van der Waals surface area contributed by atoms with Crippen molar-refractivity contribution in [2.24, 2.45) is 0 Å². The molecule has 3 N–H and O–H groups in total. The third-order valence-corrected chi connectivity index (χ3v) is 3.99. The van der Waals surface area contributed by atoms with Gasteiger partial charge in [0.15, 0.2) is 0 Å². The molecule has 0 radical (unpaired) electrons. The van der Waals surface area contributed by atoms with E-state index in [4.69, 9.17) is 5.73 Å². The van der Waals surface area contributed by atoms with Crippen molar-refractivity contribution < 1.29 is 0 Å². The lowest BCUT2D eigenvalue weighted by Gasteiger charge is -2.13. The summed E-state index contributed by atoms with van der Waals surface area (Å²) in [6, 6.07) is 0. The normalized spacial score (nSPS) is 12.4. The van der Waals surface area contributed by atoms with Crippen LogP contribution in [0.5, 0.6) is 0 Å². The zero-order valence-electron chi connectivity index (χ0n) is 11.8. The summed E-state index contributed by atoms with van der Waals surface area (Å²) in [4.78, 5) is 8.84. The average Bonchev–Trinajstić information content (AvgIpc) is 2.35. The maximum atomic E-state index is 5.91. The molecule has 1 aromatic rings. The van der Waals surface area contributed by atoms with Crippen LogP contribution < -0.4 is 11.1 Å². The molecule has 18 heavy (non-hydrogen) atoms. The van der Waals surface area contributed by atoms with Crippen molar-refractivity contribution in [3.63, 3.8) is 0 Å². The van der Waals surface area contributed by atoms with Gasteiger partial charge in [0.1, 0.15) is 17.5 Å². The molecule has 102 valence electrons. The summed E-state index contributed by atoms with van der Waals surface area (Å²) in [5.41, 5.74) is 6.86. The number of thioether (sulfide) groups is 1. The molecule has 0 saturated carbocycles. The number of hydrogen-bond donors (Lipinski definition) is 2. The minimum atomic E-state index is 0.592. The summed E-state index contributed by atoms with van der Waals surface area (Å²) in [6.45, 7) is 7.24. The number of aromatic nitrogens is 2. The van der Waals surface area contributed by atoms with E-state index in [0.717, 1.165) is 43.0 Å². The largest absolute Gasteiger partial charge is 0.383 e. The lowest BCUT2D eigenvalue weighted by Crippen LogP contribution is -2.13. The van der Waals surface area contributed by atoms with E-state index >= 15 is 0 Å². The fourth-order valence-electron chi connectivity index (χ4n) is 1.60. The molecule has 1 aromatic heterocycles. The Hall–Kier alpha value is -0.970. The second-order valence-corrected chi connectivity index (χ2v) is 5.79. The predicted octanol–water partition coefficient (Wildman–Crippen LogP) is 2.87. The van der Waals surface area contributed by atoms with Crippen molar-refractivity contribution in [3.8, 4) is 0 Å². The number of nitrogens with zero attached hydrogens (tertiary/aromatic N) is 2. The molecule has 0 bridgehead atoms. The van der Waals surface area contributed by atoms with E-state index in [9.17, 15) is 0 Å². The van der Waals surface area contributed by atoms with Crippen molar-refractivity contribution in [1.29, 1.82) is 0 Å². The van der Waals surface area contributed by atoms with E-state index in [1.807, 2.05) is 18.7 Å². The van der Waals surface area contributed by atoms with Crippen LogP contribution in [0.3, 0.4) is 0 Å². The summed E-state index contributed by atoms with van der Waals surface area (Å²) >= 11 is 1.88. The van der Waals surface area contributed by atoms with Crippen molar-refractivity contribution in [2.45, 2.75) is 45.3 Å². The van der Waals surface area contributed by atoms with Gasteiger partial charge in [-0.05, 0) is 26.0 Å². The lowest BCUT2D eigenvalue weighted by atomic mass is 10.2. The van der Waals surface area contributed by atoms with Gasteiger partial charge in [-0.1, -0.05) is 13.8 Å². The van der Waals surface area contributed by atoms with Gasteiger partial charge in [-0.25, -0.2) is 9.97 Å². The molecule has 0 spiro atoms. The summed E-state index contributed by atoms with van der Waals surface area (Å²) in [7, 11) is 0. The predicted molar refractivity (Wildman–Crippen MR) is 81.3 cm³/mol. The van der Waals surface area contributed by atoms with Crippen molar-refractivity contribution in [2.75, 3.05) is 23.9 Å². The van der Waals surface area contributed by atoms with E-state index in [0.29, 0.717) is 11.1 Å². The van der Waals surface area contributed by atoms with E-state index in [2.05, 4.69) is 35.4 Å². The number of aryl methyl sites for hydroxylation is 1. The van der Waals surface area contributed by atoms with Crippen molar-refractivity contribution in [1.82, 2.24) is 9.97 Å². The molecule has 0 saturated heterocycles. The third-order valence-electron chi connectivity index (χ3n) is 2.95. The molecule has 0 aliphatic rings. The Kier molecular flexibility index (Phi) is 6.25. The summed E-state index contributed by atoms with van der Waals surface area (Å²) in [5.74, 6) is 2.31. The van der Waals surface area contributed by atoms with E-state index < -0.39 is 0 Å². The molecular weight excluding hydrogens is 244 g/mol. The molecule has 4 nitrogen and oxygen atoms in total. The fourth-order valence-corrected chi connectivity index (χ4v) is 1.95. The highest BCUT2D eigenvalue weighted by Crippen LogP contribution is 2.18. The van der Waals surface area contributed by atoms with E-state index in [1.54, 1.807) is 0 Å². The van der Waals surface area contributed by atoms with Crippen LogP contribution in [0.4, 0.5) is 11.6 Å². The number of rotatable bonds is 7. The first-order valence-corrected chi connectivity index (χ1v) is 7.76. The molecule has 1 rings (SSSR count). The first-order chi connectivity index (χ1) is 8.58. The second kappa shape index (κ2) is 7.46. The van der Waals surface area contributed by atoms with E-state index in [-0.39, 0.29) is 0 Å². The molecule has 1 heterocycles. The summed E-state index contributed by atoms with van der Waals surface area (Å²) < 4.78 is 0. The molecule has 1 unspecified atom stereocenters. The Morgan fingerprint density at radius 2 is 2.11 bits per heavy atom. The number of anilines is 2. The Balaban J connectivity index is 2.68. The van der Waals surface area contributed by atoms with Gasteiger partial charge in [0.2, 0.25) is 0 Å². The van der Waals surface area contributed by atoms with Crippen molar-refractivity contribution in [3.05, 3.63) is 11.4 Å². The molecule has 5 heteroatoms. The molecule has 0 aromatic carbocycles. The highest BCUT2D eigenvalue weighted by atomic mass is 32.2. The molecule has 0 amide bonds. The minimum absolute atomic E-state index is 0.592. The Bertz CT molecular complexity index is 381. The number of hydrogen-bond acceptors (Lipinski definition) is 5. The van der Waals surface area contributed by atoms with Crippen LogP contribution in [0.2, 0.25) is 0 Å². The van der Waals surface area contributed by atoms with Gasteiger partial charge in [-0.2, -0.15) is 11.8 Å². The van der Waals surface area contributed by atoms with Gasteiger partial charge < -0.3 is 11.1 Å².